The highest BCUT2D eigenvalue weighted by Crippen LogP contribution is 2.43. The number of hydrogen-bond acceptors (Lipinski definition) is 5. The summed E-state index contributed by atoms with van der Waals surface area (Å²) >= 11 is 0. The summed E-state index contributed by atoms with van der Waals surface area (Å²) in [5, 5.41) is 1.91. The normalized spacial score (nSPS) is 19.7. The molecule has 2 atom stereocenters. The van der Waals surface area contributed by atoms with Gasteiger partial charge in [-0.3, -0.25) is 9.59 Å². The zero-order valence-electron chi connectivity index (χ0n) is 11.7. The minimum atomic E-state index is -0.952. The monoisotopic (exact) mass is 286 g/mol. The summed E-state index contributed by atoms with van der Waals surface area (Å²) in [7, 11) is 0. The maximum atomic E-state index is 11.4. The van der Waals surface area contributed by atoms with Gasteiger partial charge < -0.3 is 14.2 Å². The van der Waals surface area contributed by atoms with E-state index in [0.717, 1.165) is 16.3 Å². The number of hydrogen-bond donors (Lipinski definition) is 0. The molecule has 0 spiro atoms. The van der Waals surface area contributed by atoms with Crippen molar-refractivity contribution >= 4 is 22.7 Å². The van der Waals surface area contributed by atoms with Crippen LogP contribution in [0.3, 0.4) is 0 Å². The second kappa shape index (κ2) is 5.09. The molecule has 1 aliphatic rings. The van der Waals surface area contributed by atoms with Gasteiger partial charge in [-0.25, -0.2) is 0 Å². The SMILES string of the molecule is CC(=O)O[C@@H]1Oc2ccc3ccccc3c2[C@@H]1OC(C)=O. The fourth-order valence-electron chi connectivity index (χ4n) is 2.54. The Morgan fingerprint density at radius 3 is 2.43 bits per heavy atom. The Bertz CT molecular complexity index is 722. The number of benzene rings is 2. The minimum absolute atomic E-state index is 0.457. The van der Waals surface area contributed by atoms with Crippen molar-refractivity contribution in [3.8, 4) is 5.75 Å². The van der Waals surface area contributed by atoms with Crippen molar-refractivity contribution in [3.63, 3.8) is 0 Å². The molecule has 0 fully saturated rings. The van der Waals surface area contributed by atoms with Crippen LogP contribution in [0.1, 0.15) is 25.5 Å². The van der Waals surface area contributed by atoms with Gasteiger partial charge in [-0.15, -0.1) is 0 Å². The number of fused-ring (bicyclic) bond motifs is 3. The lowest BCUT2D eigenvalue weighted by Crippen LogP contribution is -2.27. The average Bonchev–Trinajstić information content (AvgIpc) is 2.75. The smallest absolute Gasteiger partial charge is 0.305 e. The van der Waals surface area contributed by atoms with E-state index >= 15 is 0 Å². The first-order valence-corrected chi connectivity index (χ1v) is 6.59. The highest BCUT2D eigenvalue weighted by molar-refractivity contribution is 5.89. The highest BCUT2D eigenvalue weighted by atomic mass is 16.7. The van der Waals surface area contributed by atoms with Crippen LogP contribution >= 0.6 is 0 Å². The molecule has 5 heteroatoms. The van der Waals surface area contributed by atoms with Crippen molar-refractivity contribution in [3.05, 3.63) is 42.0 Å². The van der Waals surface area contributed by atoms with Gasteiger partial charge in [-0.1, -0.05) is 30.3 Å². The van der Waals surface area contributed by atoms with Crippen LogP contribution in [0.2, 0.25) is 0 Å². The first kappa shape index (κ1) is 13.4. The Balaban J connectivity index is 2.11. The summed E-state index contributed by atoms with van der Waals surface area (Å²) in [5.74, 6) is -0.387. The van der Waals surface area contributed by atoms with Crippen molar-refractivity contribution in [1.29, 1.82) is 0 Å². The molecule has 5 nitrogen and oxygen atoms in total. The van der Waals surface area contributed by atoms with Crippen molar-refractivity contribution in [2.75, 3.05) is 0 Å². The van der Waals surface area contributed by atoms with Gasteiger partial charge in [0, 0.05) is 13.8 Å². The standard InChI is InChI=1S/C16H14O5/c1-9(17)19-15-14-12-6-4-3-5-11(12)7-8-13(14)21-16(15)20-10(2)18/h3-8,15-16H,1-2H3/t15-,16+/m0/s1. The van der Waals surface area contributed by atoms with Crippen LogP contribution in [0, 0.1) is 0 Å². The third-order valence-corrected chi connectivity index (χ3v) is 3.28. The molecule has 0 N–H and O–H groups in total. The van der Waals surface area contributed by atoms with Crippen molar-refractivity contribution < 1.29 is 23.8 Å². The van der Waals surface area contributed by atoms with Gasteiger partial charge in [0.25, 0.3) is 6.29 Å². The van der Waals surface area contributed by atoms with Gasteiger partial charge in [0.05, 0.1) is 5.56 Å². The zero-order chi connectivity index (χ0) is 15.0. The quantitative estimate of drug-likeness (QED) is 0.794. The van der Waals surface area contributed by atoms with Crippen LogP contribution in [0.4, 0.5) is 0 Å². The van der Waals surface area contributed by atoms with E-state index in [4.69, 9.17) is 14.2 Å². The zero-order valence-corrected chi connectivity index (χ0v) is 11.7. The Labute approximate surface area is 121 Å². The van der Waals surface area contributed by atoms with Gasteiger partial charge in [0.15, 0.2) is 0 Å². The van der Waals surface area contributed by atoms with Gasteiger partial charge in [0.2, 0.25) is 6.10 Å². The van der Waals surface area contributed by atoms with E-state index in [0.29, 0.717) is 5.75 Å². The maximum Gasteiger partial charge on any atom is 0.305 e. The molecular formula is C16H14O5. The van der Waals surface area contributed by atoms with Crippen LogP contribution in [0.15, 0.2) is 36.4 Å². The molecule has 2 aromatic carbocycles. The summed E-state index contributed by atoms with van der Waals surface area (Å²) in [6.07, 6.45) is -1.71. The molecule has 0 aliphatic carbocycles. The van der Waals surface area contributed by atoms with E-state index < -0.39 is 24.3 Å². The predicted molar refractivity (Wildman–Crippen MR) is 74.6 cm³/mol. The Kier molecular flexibility index (Phi) is 3.25. The largest absolute Gasteiger partial charge is 0.450 e. The molecule has 0 bridgehead atoms. The van der Waals surface area contributed by atoms with Gasteiger partial charge in [-0.2, -0.15) is 0 Å². The molecule has 3 rings (SSSR count). The fourth-order valence-corrected chi connectivity index (χ4v) is 2.54. The second-order valence-corrected chi connectivity index (χ2v) is 4.82. The van der Waals surface area contributed by atoms with Crippen LogP contribution in [-0.4, -0.2) is 18.2 Å². The predicted octanol–water partition coefficient (Wildman–Crippen LogP) is 2.73. The first-order valence-electron chi connectivity index (χ1n) is 6.59. The molecule has 21 heavy (non-hydrogen) atoms. The van der Waals surface area contributed by atoms with E-state index in [2.05, 4.69) is 0 Å². The molecule has 0 amide bonds. The summed E-state index contributed by atoms with van der Waals surface area (Å²) < 4.78 is 16.1. The van der Waals surface area contributed by atoms with Crippen molar-refractivity contribution in [1.82, 2.24) is 0 Å². The van der Waals surface area contributed by atoms with E-state index in [1.807, 2.05) is 30.3 Å². The Morgan fingerprint density at radius 1 is 1.00 bits per heavy atom. The topological polar surface area (TPSA) is 61.8 Å². The molecule has 1 heterocycles. The maximum absolute atomic E-state index is 11.4. The van der Waals surface area contributed by atoms with Gasteiger partial charge >= 0.3 is 11.9 Å². The molecular weight excluding hydrogens is 272 g/mol. The van der Waals surface area contributed by atoms with E-state index in [1.54, 1.807) is 6.07 Å². The van der Waals surface area contributed by atoms with E-state index in [-0.39, 0.29) is 0 Å². The fraction of sp³-hybridized carbons (Fsp3) is 0.250. The lowest BCUT2D eigenvalue weighted by Gasteiger charge is -2.18. The van der Waals surface area contributed by atoms with Crippen molar-refractivity contribution in [2.45, 2.75) is 26.2 Å². The van der Waals surface area contributed by atoms with Gasteiger partial charge in [-0.05, 0) is 16.8 Å². The summed E-state index contributed by atoms with van der Waals surface area (Å²) in [5.41, 5.74) is 0.731. The van der Waals surface area contributed by atoms with Crippen LogP contribution in [0.25, 0.3) is 10.8 Å². The molecule has 0 radical (unpaired) electrons. The molecule has 0 saturated heterocycles. The van der Waals surface area contributed by atoms with Crippen LogP contribution in [-0.2, 0) is 19.1 Å². The molecule has 2 aromatic rings. The average molecular weight is 286 g/mol. The third-order valence-electron chi connectivity index (χ3n) is 3.28. The molecule has 0 saturated carbocycles. The third kappa shape index (κ3) is 2.42. The number of carbonyl (C=O) groups excluding carboxylic acids is 2. The molecule has 1 aliphatic heterocycles. The van der Waals surface area contributed by atoms with Gasteiger partial charge in [0.1, 0.15) is 5.75 Å². The molecule has 0 aromatic heterocycles. The number of ether oxygens (including phenoxy) is 3. The van der Waals surface area contributed by atoms with E-state index in [9.17, 15) is 9.59 Å². The Morgan fingerprint density at radius 2 is 1.71 bits per heavy atom. The summed E-state index contributed by atoms with van der Waals surface area (Å²) in [6.45, 7) is 2.60. The summed E-state index contributed by atoms with van der Waals surface area (Å²) in [6, 6.07) is 11.4. The van der Waals surface area contributed by atoms with Crippen molar-refractivity contribution in [2.24, 2.45) is 0 Å². The first-order chi connectivity index (χ1) is 10.1. The number of rotatable bonds is 2. The minimum Gasteiger partial charge on any atom is -0.450 e. The molecule has 0 unspecified atom stereocenters. The van der Waals surface area contributed by atoms with Crippen LogP contribution < -0.4 is 4.74 Å². The lowest BCUT2D eigenvalue weighted by atomic mass is 10.0. The lowest BCUT2D eigenvalue weighted by molar-refractivity contribution is -0.184. The number of esters is 2. The molecule has 108 valence electrons. The van der Waals surface area contributed by atoms with E-state index in [1.165, 1.54) is 13.8 Å². The second-order valence-electron chi connectivity index (χ2n) is 4.82. The number of carbonyl (C=O) groups is 2. The highest BCUT2D eigenvalue weighted by Gasteiger charge is 2.40. The Hall–Kier alpha value is -2.56. The summed E-state index contributed by atoms with van der Waals surface area (Å²) in [4.78, 5) is 22.6. The van der Waals surface area contributed by atoms with Crippen LogP contribution in [0.5, 0.6) is 5.75 Å².